The van der Waals surface area contributed by atoms with Crippen LogP contribution in [0.3, 0.4) is 0 Å². The van der Waals surface area contributed by atoms with Gasteiger partial charge in [-0.15, -0.1) is 0 Å². The SMILES string of the molecule is N#CC1(CNc2cccc(-c3cc(NC4CCC(NCC5CCCO5)CC4)ncc3Cl)n2)CCOCC1. The van der Waals surface area contributed by atoms with E-state index in [1.165, 1.54) is 12.8 Å². The second-order valence-electron chi connectivity index (χ2n) is 10.6. The molecular weight excluding hydrogens is 488 g/mol. The Morgan fingerprint density at radius 1 is 1.05 bits per heavy atom. The molecule has 8 nitrogen and oxygen atoms in total. The van der Waals surface area contributed by atoms with Gasteiger partial charge in [-0.25, -0.2) is 9.97 Å². The summed E-state index contributed by atoms with van der Waals surface area (Å²) in [5.74, 6) is 1.55. The van der Waals surface area contributed by atoms with E-state index in [1.54, 1.807) is 6.20 Å². The molecule has 198 valence electrons. The van der Waals surface area contributed by atoms with E-state index in [0.717, 1.165) is 74.6 Å². The standard InChI is InChI=1S/C28H37ClN6O2/c29-24-17-32-27(34-21-8-6-20(7-9-21)31-16-22-3-2-12-37-22)15-23(24)25-4-1-5-26(35-25)33-19-28(18-30)10-13-36-14-11-28/h1,4-5,15,17,20-22,31H,2-3,6-14,16,19H2,(H,32,34)(H,33,35). The molecule has 1 atom stereocenters. The third-order valence-corrected chi connectivity index (χ3v) is 8.21. The maximum atomic E-state index is 9.73. The summed E-state index contributed by atoms with van der Waals surface area (Å²) in [6.07, 6.45) is 10.4. The van der Waals surface area contributed by atoms with Crippen LogP contribution in [0.5, 0.6) is 0 Å². The summed E-state index contributed by atoms with van der Waals surface area (Å²) in [7, 11) is 0. The van der Waals surface area contributed by atoms with Gasteiger partial charge in [0.2, 0.25) is 0 Å². The van der Waals surface area contributed by atoms with Gasteiger partial charge in [-0.05, 0) is 69.6 Å². The Hall–Kier alpha value is -2.44. The normalized spacial score (nSPS) is 25.4. The molecule has 2 aromatic heterocycles. The number of ether oxygens (including phenoxy) is 2. The van der Waals surface area contributed by atoms with Gasteiger partial charge in [0.15, 0.2) is 0 Å². The summed E-state index contributed by atoms with van der Waals surface area (Å²) >= 11 is 6.55. The maximum Gasteiger partial charge on any atom is 0.126 e. The fourth-order valence-electron chi connectivity index (χ4n) is 5.50. The van der Waals surface area contributed by atoms with E-state index in [0.29, 0.717) is 43.0 Å². The minimum absolute atomic E-state index is 0.393. The Morgan fingerprint density at radius 2 is 1.86 bits per heavy atom. The molecule has 0 amide bonds. The van der Waals surface area contributed by atoms with Crippen molar-refractivity contribution < 1.29 is 9.47 Å². The highest BCUT2D eigenvalue weighted by atomic mass is 35.5. The number of halogens is 1. The van der Waals surface area contributed by atoms with Crippen molar-refractivity contribution in [2.24, 2.45) is 5.41 Å². The van der Waals surface area contributed by atoms with E-state index in [9.17, 15) is 5.26 Å². The van der Waals surface area contributed by atoms with E-state index in [-0.39, 0.29) is 0 Å². The molecular formula is C28H37ClN6O2. The molecule has 3 N–H and O–H groups in total. The number of hydrogen-bond acceptors (Lipinski definition) is 8. The zero-order valence-corrected chi connectivity index (χ0v) is 22.1. The van der Waals surface area contributed by atoms with E-state index < -0.39 is 5.41 Å². The molecule has 5 rings (SSSR count). The molecule has 0 bridgehead atoms. The molecule has 0 radical (unpaired) electrons. The number of pyridine rings is 2. The van der Waals surface area contributed by atoms with Crippen LogP contribution < -0.4 is 16.0 Å². The summed E-state index contributed by atoms with van der Waals surface area (Å²) in [4.78, 5) is 9.33. The van der Waals surface area contributed by atoms with E-state index in [2.05, 4.69) is 27.0 Å². The fraction of sp³-hybridized carbons (Fsp3) is 0.607. The van der Waals surface area contributed by atoms with Crippen molar-refractivity contribution in [3.63, 3.8) is 0 Å². The number of hydrogen-bond donors (Lipinski definition) is 3. The average molecular weight is 525 g/mol. The minimum atomic E-state index is -0.417. The Morgan fingerprint density at radius 3 is 2.62 bits per heavy atom. The second-order valence-corrected chi connectivity index (χ2v) is 11.0. The Balaban J connectivity index is 1.17. The van der Waals surface area contributed by atoms with Crippen LogP contribution in [0.25, 0.3) is 11.3 Å². The quantitative estimate of drug-likeness (QED) is 0.420. The highest BCUT2D eigenvalue weighted by Crippen LogP contribution is 2.32. The molecule has 2 saturated heterocycles. The average Bonchev–Trinajstić information content (AvgIpc) is 3.47. The van der Waals surface area contributed by atoms with Crippen molar-refractivity contribution in [3.05, 3.63) is 35.5 Å². The summed E-state index contributed by atoms with van der Waals surface area (Å²) < 4.78 is 11.2. The van der Waals surface area contributed by atoms with Gasteiger partial charge in [-0.3, -0.25) is 0 Å². The van der Waals surface area contributed by atoms with Crippen molar-refractivity contribution in [1.29, 1.82) is 5.26 Å². The van der Waals surface area contributed by atoms with Crippen LogP contribution in [0.1, 0.15) is 51.4 Å². The Bertz CT molecular complexity index is 1070. The molecule has 9 heteroatoms. The van der Waals surface area contributed by atoms with Gasteiger partial charge in [0.25, 0.3) is 0 Å². The first-order valence-corrected chi connectivity index (χ1v) is 14.0. The van der Waals surface area contributed by atoms with Crippen molar-refractivity contribution in [2.75, 3.05) is 43.5 Å². The first-order valence-electron chi connectivity index (χ1n) is 13.6. The van der Waals surface area contributed by atoms with Crippen molar-refractivity contribution >= 4 is 23.2 Å². The Labute approximate surface area is 224 Å². The molecule has 1 saturated carbocycles. The monoisotopic (exact) mass is 524 g/mol. The number of nitrogens with one attached hydrogen (secondary N) is 3. The number of anilines is 2. The zero-order valence-electron chi connectivity index (χ0n) is 21.3. The number of aromatic nitrogens is 2. The van der Waals surface area contributed by atoms with Crippen LogP contribution in [0.2, 0.25) is 5.02 Å². The molecule has 2 aliphatic heterocycles. The van der Waals surface area contributed by atoms with Crippen LogP contribution in [0.15, 0.2) is 30.5 Å². The molecule has 1 aliphatic carbocycles. The van der Waals surface area contributed by atoms with E-state index >= 15 is 0 Å². The topological polar surface area (TPSA) is 104 Å². The molecule has 4 heterocycles. The van der Waals surface area contributed by atoms with Crippen molar-refractivity contribution in [1.82, 2.24) is 15.3 Å². The maximum absolute atomic E-state index is 9.73. The van der Waals surface area contributed by atoms with Crippen molar-refractivity contribution in [2.45, 2.75) is 69.6 Å². The molecule has 0 spiro atoms. The Kier molecular flexibility index (Phi) is 8.78. The van der Waals surface area contributed by atoms with Crippen LogP contribution in [-0.2, 0) is 9.47 Å². The van der Waals surface area contributed by atoms with Crippen LogP contribution in [0.4, 0.5) is 11.6 Å². The summed E-state index contributed by atoms with van der Waals surface area (Å²) in [6.45, 7) is 3.67. The molecule has 3 aliphatic rings. The summed E-state index contributed by atoms with van der Waals surface area (Å²) in [6, 6.07) is 11.3. The zero-order chi connectivity index (χ0) is 25.5. The largest absolute Gasteiger partial charge is 0.381 e. The van der Waals surface area contributed by atoms with Gasteiger partial charge in [-0.2, -0.15) is 5.26 Å². The second kappa shape index (κ2) is 12.4. The van der Waals surface area contributed by atoms with E-state index in [1.807, 2.05) is 24.3 Å². The number of rotatable bonds is 9. The highest BCUT2D eigenvalue weighted by molar-refractivity contribution is 6.33. The first-order chi connectivity index (χ1) is 18.1. The van der Waals surface area contributed by atoms with Crippen molar-refractivity contribution in [3.8, 4) is 17.3 Å². The first kappa shape index (κ1) is 26.2. The molecule has 2 aromatic rings. The van der Waals surface area contributed by atoms with Gasteiger partial charge in [-0.1, -0.05) is 17.7 Å². The number of nitriles is 1. The molecule has 0 aromatic carbocycles. The number of nitrogens with zero attached hydrogens (tertiary/aromatic N) is 3. The highest BCUT2D eigenvalue weighted by Gasteiger charge is 2.32. The van der Waals surface area contributed by atoms with Gasteiger partial charge >= 0.3 is 0 Å². The molecule has 37 heavy (non-hydrogen) atoms. The summed E-state index contributed by atoms with van der Waals surface area (Å²) in [5, 5.41) is 21.0. The molecule has 1 unspecified atom stereocenters. The smallest absolute Gasteiger partial charge is 0.126 e. The lowest BCUT2D eigenvalue weighted by Gasteiger charge is -2.31. The summed E-state index contributed by atoms with van der Waals surface area (Å²) in [5.41, 5.74) is 1.21. The predicted octanol–water partition coefficient (Wildman–Crippen LogP) is 5.02. The van der Waals surface area contributed by atoms with Gasteiger partial charge < -0.3 is 25.4 Å². The lowest BCUT2D eigenvalue weighted by atomic mass is 9.82. The lowest BCUT2D eigenvalue weighted by Crippen LogP contribution is -2.40. The lowest BCUT2D eigenvalue weighted by molar-refractivity contribution is 0.0455. The van der Waals surface area contributed by atoms with Crippen LogP contribution in [-0.4, -0.2) is 61.1 Å². The third kappa shape index (κ3) is 6.91. The predicted molar refractivity (Wildman–Crippen MR) is 146 cm³/mol. The van der Waals surface area contributed by atoms with E-state index in [4.69, 9.17) is 26.1 Å². The van der Waals surface area contributed by atoms with Gasteiger partial charge in [0.05, 0.1) is 28.3 Å². The van der Waals surface area contributed by atoms with Crippen LogP contribution >= 0.6 is 11.6 Å². The molecule has 3 fully saturated rings. The minimum Gasteiger partial charge on any atom is -0.381 e. The fourth-order valence-corrected chi connectivity index (χ4v) is 5.70. The third-order valence-electron chi connectivity index (χ3n) is 7.91. The van der Waals surface area contributed by atoms with Crippen LogP contribution in [0, 0.1) is 16.7 Å². The van der Waals surface area contributed by atoms with Gasteiger partial charge in [0.1, 0.15) is 11.6 Å². The van der Waals surface area contributed by atoms with Gasteiger partial charge in [0, 0.05) is 56.8 Å².